The van der Waals surface area contributed by atoms with Gasteiger partial charge in [-0.2, -0.15) is 0 Å². The smallest absolute Gasteiger partial charge is 0.338 e. The minimum Gasteiger partial charge on any atom is -0.462 e. The van der Waals surface area contributed by atoms with E-state index in [1.54, 1.807) is 12.1 Å². The van der Waals surface area contributed by atoms with Crippen LogP contribution in [0.1, 0.15) is 47.1 Å². The van der Waals surface area contributed by atoms with E-state index < -0.39 is 11.1 Å². The van der Waals surface area contributed by atoms with Crippen molar-refractivity contribution in [1.29, 1.82) is 0 Å². The normalized spacial score (nSPS) is 11.3. The van der Waals surface area contributed by atoms with Gasteiger partial charge in [0.05, 0.1) is 40.8 Å². The van der Waals surface area contributed by atoms with E-state index in [1.807, 2.05) is 42.5 Å². The number of imidazole rings is 2. The highest BCUT2D eigenvalue weighted by Crippen LogP contribution is 2.31. The van der Waals surface area contributed by atoms with Gasteiger partial charge < -0.3 is 18.7 Å². The fraction of sp³-hybridized carbons (Fsp3) is 0.250. The van der Waals surface area contributed by atoms with E-state index in [-0.39, 0.29) is 19.6 Å². The number of para-hydroxylation sites is 2. The van der Waals surface area contributed by atoms with Crippen LogP contribution in [0.5, 0.6) is 0 Å². The molecule has 10 nitrogen and oxygen atoms in total. The van der Waals surface area contributed by atoms with Gasteiger partial charge in [-0.05, 0) is 65.9 Å². The summed E-state index contributed by atoms with van der Waals surface area (Å²) >= 11 is 0. The third-order valence-corrected chi connectivity index (χ3v) is 8.11. The molecule has 0 saturated carbocycles. The van der Waals surface area contributed by atoms with E-state index >= 15 is 0 Å². The van der Waals surface area contributed by atoms with Crippen LogP contribution in [-0.4, -0.2) is 43.4 Å². The third-order valence-electron chi connectivity index (χ3n) is 8.11. The molecule has 4 aromatic carbocycles. The highest BCUT2D eigenvalue weighted by Gasteiger charge is 2.18. The van der Waals surface area contributed by atoms with Crippen LogP contribution in [0.4, 0.5) is 0 Å². The lowest BCUT2D eigenvalue weighted by Crippen LogP contribution is -2.11. The second-order valence-electron chi connectivity index (χ2n) is 11.3. The highest BCUT2D eigenvalue weighted by molar-refractivity contribution is 5.97. The van der Waals surface area contributed by atoms with Crippen LogP contribution in [0.25, 0.3) is 44.6 Å². The lowest BCUT2D eigenvalue weighted by Gasteiger charge is -2.13. The summed E-state index contributed by atoms with van der Waals surface area (Å²) in [7, 11) is 2.05. The molecule has 0 spiro atoms. The Kier molecular flexibility index (Phi) is 8.78. The second-order valence-corrected chi connectivity index (χ2v) is 11.3. The number of ether oxygens (including phenoxy) is 1. The highest BCUT2D eigenvalue weighted by atomic mass is 16.9. The summed E-state index contributed by atoms with van der Waals surface area (Å²) in [4.78, 5) is 37.5. The molecule has 6 aromatic rings. The molecule has 234 valence electrons. The summed E-state index contributed by atoms with van der Waals surface area (Å²) < 4.78 is 9.81. The Morgan fingerprint density at radius 2 is 1.67 bits per heavy atom. The average Bonchev–Trinajstić information content (AvgIpc) is 3.58. The second kappa shape index (κ2) is 13.2. The van der Waals surface area contributed by atoms with Gasteiger partial charge in [-0.1, -0.05) is 61.5 Å². The van der Waals surface area contributed by atoms with E-state index in [0.717, 1.165) is 74.4 Å². The van der Waals surface area contributed by atoms with Crippen molar-refractivity contribution >= 4 is 28.0 Å². The summed E-state index contributed by atoms with van der Waals surface area (Å²) in [5.74, 6) is 1.48. The number of carbonyl (C=O) groups is 1. The van der Waals surface area contributed by atoms with Gasteiger partial charge in [0.2, 0.25) is 0 Å². The van der Waals surface area contributed by atoms with Crippen LogP contribution in [0.2, 0.25) is 0 Å². The number of rotatable bonds is 12. The van der Waals surface area contributed by atoms with Crippen molar-refractivity contribution in [3.8, 4) is 22.5 Å². The van der Waals surface area contributed by atoms with Crippen molar-refractivity contribution in [2.24, 2.45) is 7.05 Å². The molecule has 2 heterocycles. The zero-order chi connectivity index (χ0) is 32.2. The molecule has 0 bridgehead atoms. The lowest BCUT2D eigenvalue weighted by atomic mass is 9.98. The van der Waals surface area contributed by atoms with Crippen molar-refractivity contribution in [3.05, 3.63) is 118 Å². The van der Waals surface area contributed by atoms with Crippen LogP contribution >= 0.6 is 0 Å². The van der Waals surface area contributed by atoms with Crippen molar-refractivity contribution in [2.45, 2.75) is 39.7 Å². The third kappa shape index (κ3) is 6.19. The molecule has 2 aromatic heterocycles. The molecule has 0 N–H and O–H groups in total. The average molecular weight is 618 g/mol. The molecule has 0 aliphatic carbocycles. The monoisotopic (exact) mass is 617 g/mol. The fourth-order valence-corrected chi connectivity index (χ4v) is 5.89. The van der Waals surface area contributed by atoms with E-state index in [0.29, 0.717) is 12.1 Å². The summed E-state index contributed by atoms with van der Waals surface area (Å²) in [6.45, 7) is 4.82. The van der Waals surface area contributed by atoms with Crippen LogP contribution in [0, 0.1) is 17.0 Å². The van der Waals surface area contributed by atoms with Crippen molar-refractivity contribution in [2.75, 3.05) is 13.2 Å². The van der Waals surface area contributed by atoms with Crippen molar-refractivity contribution < 1.29 is 19.5 Å². The largest absolute Gasteiger partial charge is 0.462 e. The molecular formula is C36H35N5O5. The first-order valence-electron chi connectivity index (χ1n) is 15.4. The Morgan fingerprint density at radius 1 is 0.913 bits per heavy atom. The number of carbonyl (C=O) groups excluding carboxylic acids is 1. The van der Waals surface area contributed by atoms with Crippen LogP contribution in [0.3, 0.4) is 0 Å². The van der Waals surface area contributed by atoms with E-state index in [2.05, 4.69) is 65.2 Å². The Morgan fingerprint density at radius 3 is 2.43 bits per heavy atom. The van der Waals surface area contributed by atoms with E-state index in [4.69, 9.17) is 14.7 Å². The molecule has 0 aliphatic rings. The van der Waals surface area contributed by atoms with E-state index in [9.17, 15) is 14.9 Å². The van der Waals surface area contributed by atoms with Crippen LogP contribution in [-0.2, 0) is 29.6 Å². The molecule has 46 heavy (non-hydrogen) atoms. The van der Waals surface area contributed by atoms with Crippen LogP contribution < -0.4 is 0 Å². The predicted octanol–water partition coefficient (Wildman–Crippen LogP) is 7.32. The molecule has 0 atom stereocenters. The minimum atomic E-state index is -0.858. The lowest BCUT2D eigenvalue weighted by molar-refractivity contribution is -0.757. The molecule has 6 rings (SSSR count). The number of nitrogens with zero attached hydrogens (tertiary/aromatic N) is 5. The summed E-state index contributed by atoms with van der Waals surface area (Å²) in [5, 5.41) is 9.46. The van der Waals surface area contributed by atoms with Gasteiger partial charge in [-0.3, -0.25) is 0 Å². The van der Waals surface area contributed by atoms with Gasteiger partial charge in [-0.25, -0.2) is 14.8 Å². The number of benzene rings is 4. The van der Waals surface area contributed by atoms with E-state index in [1.165, 1.54) is 0 Å². The first-order valence-corrected chi connectivity index (χ1v) is 15.4. The maximum absolute atomic E-state index is 12.9. The topological polar surface area (TPSA) is 114 Å². The molecule has 0 saturated heterocycles. The number of fused-ring (bicyclic) bond motifs is 2. The summed E-state index contributed by atoms with van der Waals surface area (Å²) in [6.07, 6.45) is 2.07. The Balaban J connectivity index is 1.28. The van der Waals surface area contributed by atoms with Crippen molar-refractivity contribution in [3.63, 3.8) is 0 Å². The molecule has 0 fully saturated rings. The van der Waals surface area contributed by atoms with Crippen molar-refractivity contribution in [1.82, 2.24) is 19.1 Å². The first kappa shape index (κ1) is 30.5. The maximum atomic E-state index is 12.9. The van der Waals surface area contributed by atoms with Crippen LogP contribution in [0.15, 0.2) is 84.9 Å². The quantitative estimate of drug-likeness (QED) is 0.0612. The fourth-order valence-electron chi connectivity index (χ4n) is 5.89. The molecule has 0 unspecified atom stereocenters. The van der Waals surface area contributed by atoms with Gasteiger partial charge in [-0.15, -0.1) is 10.1 Å². The van der Waals surface area contributed by atoms with Gasteiger partial charge in [0, 0.05) is 32.0 Å². The van der Waals surface area contributed by atoms with Gasteiger partial charge >= 0.3 is 5.97 Å². The molecular weight excluding hydrogens is 582 g/mol. The first-order chi connectivity index (χ1) is 22.3. The summed E-state index contributed by atoms with van der Waals surface area (Å²) in [6, 6.07) is 28.0. The Labute approximate surface area is 266 Å². The Bertz CT molecular complexity index is 2040. The number of esters is 1. The number of aromatic nitrogens is 4. The standard InChI is InChI=1S/C36H35N5O5/c1-4-10-33-38-34-24(2)21-27(35-37-30-13-7-8-14-31(30)39(35)3)22-32(34)40(33)23-25-15-17-26(18-16-25)28-11-5-6-12-29(28)36(42)45-19-9-20-46-41(43)44/h5-8,11-18,21-22H,4,9-10,19-20,23H2,1-3H3. The molecule has 0 radical (unpaired) electrons. The predicted molar refractivity (Wildman–Crippen MR) is 177 cm³/mol. The minimum absolute atomic E-state index is 0.0245. The molecule has 10 heteroatoms. The molecule has 0 amide bonds. The number of hydrogen-bond donors (Lipinski definition) is 0. The number of aryl methyl sites for hydroxylation is 3. The molecule has 0 aliphatic heterocycles. The SMILES string of the molecule is CCCc1nc2c(C)cc(-c3nc4ccccc4n3C)cc2n1Cc1ccc(-c2ccccc2C(=O)OCCCO[N+](=O)[O-])cc1. The zero-order valence-corrected chi connectivity index (χ0v) is 26.1. The Hall–Kier alpha value is -5.51. The zero-order valence-electron chi connectivity index (χ0n) is 26.1. The summed E-state index contributed by atoms with van der Waals surface area (Å²) in [5.41, 5.74) is 9.48. The van der Waals surface area contributed by atoms with Gasteiger partial charge in [0.25, 0.3) is 5.09 Å². The van der Waals surface area contributed by atoms with Gasteiger partial charge in [0.1, 0.15) is 11.6 Å². The maximum Gasteiger partial charge on any atom is 0.338 e. The number of hydrogen-bond acceptors (Lipinski definition) is 7. The van der Waals surface area contributed by atoms with Gasteiger partial charge in [0.15, 0.2) is 0 Å².